The van der Waals surface area contributed by atoms with Crippen LogP contribution in [0.15, 0.2) is 48.5 Å². The first kappa shape index (κ1) is 22.8. The number of carbonyl (C=O) groups excluding carboxylic acids is 1. The predicted octanol–water partition coefficient (Wildman–Crippen LogP) is 4.19. The van der Waals surface area contributed by atoms with Gasteiger partial charge < -0.3 is 25.2 Å². The highest BCUT2D eigenvalue weighted by Gasteiger charge is 2.23. The lowest BCUT2D eigenvalue weighted by atomic mass is 10.0. The summed E-state index contributed by atoms with van der Waals surface area (Å²) in [6, 6.07) is 14.3. The minimum absolute atomic E-state index is 0.0454. The van der Waals surface area contributed by atoms with Crippen molar-refractivity contribution in [3.63, 3.8) is 0 Å². The minimum Gasteiger partial charge on any atom is -0.481 e. The number of aliphatic carboxylic acids is 1. The van der Waals surface area contributed by atoms with Crippen molar-refractivity contribution >= 4 is 23.8 Å². The van der Waals surface area contributed by atoms with Crippen LogP contribution >= 0.6 is 11.8 Å². The molecule has 1 aliphatic heterocycles. The first-order chi connectivity index (χ1) is 14.9. The quantitative estimate of drug-likeness (QED) is 0.509. The monoisotopic (exact) mass is 444 g/mol. The topological polar surface area (TPSA) is 96.9 Å². The summed E-state index contributed by atoms with van der Waals surface area (Å²) in [5.41, 5.74) is 1.89. The van der Waals surface area contributed by atoms with Gasteiger partial charge in [0.15, 0.2) is 11.5 Å². The SMILES string of the molecule is CC(C)[C@@H](CSCc1ccccc1)NC(=O)NC(CC(=O)O)c1ccc2c(c1)OCO2. The molecule has 0 saturated carbocycles. The second-order valence-corrected chi connectivity index (χ2v) is 8.76. The van der Waals surface area contributed by atoms with Gasteiger partial charge in [0.25, 0.3) is 0 Å². The number of carbonyl (C=O) groups is 2. The summed E-state index contributed by atoms with van der Waals surface area (Å²) in [4.78, 5) is 24.1. The fourth-order valence-electron chi connectivity index (χ4n) is 3.20. The summed E-state index contributed by atoms with van der Waals surface area (Å²) in [7, 11) is 0. The van der Waals surface area contributed by atoms with Crippen LogP contribution in [0.5, 0.6) is 11.5 Å². The van der Waals surface area contributed by atoms with Crippen molar-refractivity contribution in [1.29, 1.82) is 0 Å². The smallest absolute Gasteiger partial charge is 0.315 e. The molecule has 2 atom stereocenters. The molecule has 0 fully saturated rings. The van der Waals surface area contributed by atoms with E-state index in [2.05, 4.69) is 36.6 Å². The van der Waals surface area contributed by atoms with Crippen molar-refractivity contribution in [3.05, 3.63) is 59.7 Å². The highest BCUT2D eigenvalue weighted by atomic mass is 32.2. The van der Waals surface area contributed by atoms with E-state index in [1.165, 1.54) is 5.56 Å². The number of amides is 2. The molecule has 0 bridgehead atoms. The first-order valence-electron chi connectivity index (χ1n) is 10.2. The molecule has 3 N–H and O–H groups in total. The summed E-state index contributed by atoms with van der Waals surface area (Å²) >= 11 is 1.76. The molecule has 0 aliphatic carbocycles. The van der Waals surface area contributed by atoms with E-state index in [9.17, 15) is 14.7 Å². The Morgan fingerprint density at radius 2 is 1.81 bits per heavy atom. The molecule has 1 heterocycles. The van der Waals surface area contributed by atoms with Crippen LogP contribution in [-0.2, 0) is 10.5 Å². The van der Waals surface area contributed by atoms with Crippen molar-refractivity contribution in [3.8, 4) is 11.5 Å². The van der Waals surface area contributed by atoms with Gasteiger partial charge >= 0.3 is 12.0 Å². The number of ether oxygens (including phenoxy) is 2. The van der Waals surface area contributed by atoms with Crippen LogP contribution in [0.4, 0.5) is 4.79 Å². The predicted molar refractivity (Wildman–Crippen MR) is 120 cm³/mol. The van der Waals surface area contributed by atoms with Gasteiger partial charge in [-0.15, -0.1) is 0 Å². The van der Waals surface area contributed by atoms with E-state index in [0.717, 1.165) is 11.5 Å². The molecule has 2 aromatic rings. The standard InChI is InChI=1S/C23H28N2O5S/c1-15(2)19(13-31-12-16-6-4-3-5-7-16)25-23(28)24-18(11-22(26)27)17-8-9-20-21(10-17)30-14-29-20/h3-10,15,18-19H,11-14H2,1-2H3,(H,26,27)(H2,24,25,28)/t18?,19-/m1/s1. The maximum Gasteiger partial charge on any atom is 0.315 e. The van der Waals surface area contributed by atoms with Crippen LogP contribution in [-0.4, -0.2) is 35.7 Å². The van der Waals surface area contributed by atoms with E-state index in [1.807, 2.05) is 18.2 Å². The van der Waals surface area contributed by atoms with Crippen molar-refractivity contribution in [2.45, 2.75) is 38.1 Å². The number of carboxylic acid groups (broad SMARTS) is 1. The average Bonchev–Trinajstić information content (AvgIpc) is 3.21. The number of thioether (sulfide) groups is 1. The second kappa shape index (κ2) is 10.9. The molecule has 3 rings (SSSR count). The molecule has 31 heavy (non-hydrogen) atoms. The Morgan fingerprint density at radius 3 is 2.52 bits per heavy atom. The van der Waals surface area contributed by atoms with Crippen LogP contribution in [0.25, 0.3) is 0 Å². The molecule has 8 heteroatoms. The Hall–Kier alpha value is -2.87. The molecular weight excluding hydrogens is 416 g/mol. The molecule has 7 nitrogen and oxygen atoms in total. The molecule has 1 aliphatic rings. The highest BCUT2D eigenvalue weighted by molar-refractivity contribution is 7.98. The third-order valence-corrected chi connectivity index (χ3v) is 6.15. The number of hydrogen-bond acceptors (Lipinski definition) is 5. The molecule has 0 spiro atoms. The van der Waals surface area contributed by atoms with E-state index >= 15 is 0 Å². The number of rotatable bonds is 10. The molecule has 2 amide bonds. The summed E-state index contributed by atoms with van der Waals surface area (Å²) in [6.07, 6.45) is -0.234. The lowest BCUT2D eigenvalue weighted by molar-refractivity contribution is -0.137. The lowest BCUT2D eigenvalue weighted by Crippen LogP contribution is -2.47. The summed E-state index contributed by atoms with van der Waals surface area (Å²) in [5, 5.41) is 15.1. The zero-order valence-corrected chi connectivity index (χ0v) is 18.5. The van der Waals surface area contributed by atoms with E-state index in [1.54, 1.807) is 30.0 Å². The molecule has 0 saturated heterocycles. The van der Waals surface area contributed by atoms with Gasteiger partial charge in [0.1, 0.15) is 0 Å². The van der Waals surface area contributed by atoms with Crippen molar-refractivity contribution < 1.29 is 24.2 Å². The number of nitrogens with one attached hydrogen (secondary N) is 2. The molecular formula is C23H28N2O5S. The van der Waals surface area contributed by atoms with Gasteiger partial charge in [0.2, 0.25) is 6.79 Å². The van der Waals surface area contributed by atoms with Crippen molar-refractivity contribution in [2.24, 2.45) is 5.92 Å². The second-order valence-electron chi connectivity index (χ2n) is 7.73. The fraction of sp³-hybridized carbons (Fsp3) is 0.391. The van der Waals surface area contributed by atoms with Gasteiger partial charge in [0.05, 0.1) is 12.5 Å². The van der Waals surface area contributed by atoms with Gasteiger partial charge in [-0.25, -0.2) is 4.79 Å². The lowest BCUT2D eigenvalue weighted by Gasteiger charge is -2.25. The molecule has 0 radical (unpaired) electrons. The third-order valence-electron chi connectivity index (χ3n) is 5.01. The Morgan fingerprint density at radius 1 is 1.06 bits per heavy atom. The van der Waals surface area contributed by atoms with Crippen LogP contribution in [0.2, 0.25) is 0 Å². The average molecular weight is 445 g/mol. The Bertz CT molecular complexity index is 891. The van der Waals surface area contributed by atoms with Crippen molar-refractivity contribution in [1.82, 2.24) is 10.6 Å². The first-order valence-corrected chi connectivity index (χ1v) is 11.4. The van der Waals surface area contributed by atoms with Gasteiger partial charge in [-0.1, -0.05) is 50.2 Å². The Balaban J connectivity index is 1.59. The summed E-state index contributed by atoms with van der Waals surface area (Å²) in [5.74, 6) is 2.02. The number of benzene rings is 2. The Kier molecular flexibility index (Phi) is 8.06. The number of urea groups is 1. The molecule has 166 valence electrons. The summed E-state index contributed by atoms with van der Waals surface area (Å²) < 4.78 is 10.7. The van der Waals surface area contributed by atoms with E-state index in [0.29, 0.717) is 17.1 Å². The van der Waals surface area contributed by atoms with E-state index in [4.69, 9.17) is 9.47 Å². The zero-order chi connectivity index (χ0) is 22.2. The van der Waals surface area contributed by atoms with Gasteiger partial charge in [0, 0.05) is 17.5 Å². The van der Waals surface area contributed by atoms with Gasteiger partial charge in [-0.2, -0.15) is 11.8 Å². The van der Waals surface area contributed by atoms with Crippen LogP contribution in [0, 0.1) is 5.92 Å². The minimum atomic E-state index is -0.998. The number of hydrogen-bond donors (Lipinski definition) is 3. The molecule has 1 unspecified atom stereocenters. The van der Waals surface area contributed by atoms with Crippen LogP contribution < -0.4 is 20.1 Å². The largest absolute Gasteiger partial charge is 0.481 e. The normalized spacial score (nSPS) is 14.2. The Labute approximate surface area is 186 Å². The third kappa shape index (κ3) is 6.82. The maximum atomic E-state index is 12.7. The van der Waals surface area contributed by atoms with Gasteiger partial charge in [-0.05, 0) is 29.2 Å². The van der Waals surface area contributed by atoms with Crippen molar-refractivity contribution in [2.75, 3.05) is 12.5 Å². The highest BCUT2D eigenvalue weighted by Crippen LogP contribution is 2.34. The fourth-order valence-corrected chi connectivity index (χ4v) is 4.47. The summed E-state index contributed by atoms with van der Waals surface area (Å²) in [6.45, 7) is 4.24. The zero-order valence-electron chi connectivity index (χ0n) is 17.7. The van der Waals surface area contributed by atoms with Crippen LogP contribution in [0.3, 0.4) is 0 Å². The van der Waals surface area contributed by atoms with E-state index < -0.39 is 12.0 Å². The number of fused-ring (bicyclic) bond motifs is 1. The molecule has 0 aromatic heterocycles. The maximum absolute atomic E-state index is 12.7. The molecule has 2 aromatic carbocycles. The number of carboxylic acids is 1. The van der Waals surface area contributed by atoms with E-state index in [-0.39, 0.29) is 31.2 Å². The van der Waals surface area contributed by atoms with Gasteiger partial charge in [-0.3, -0.25) is 4.79 Å². The van der Waals surface area contributed by atoms with Crippen LogP contribution in [0.1, 0.15) is 37.4 Å².